The molecule has 1 saturated carbocycles. The van der Waals surface area contributed by atoms with Gasteiger partial charge in [-0.25, -0.2) is 13.1 Å². The Morgan fingerprint density at radius 1 is 1.25 bits per heavy atom. The van der Waals surface area contributed by atoms with E-state index in [1.54, 1.807) is 10.8 Å². The van der Waals surface area contributed by atoms with Crippen molar-refractivity contribution < 1.29 is 23.1 Å². The SMILES string of the molecule is O=C(O)C1(C(=O)NS(=O)(=O)c2ccccc2Cl)CCC1. The van der Waals surface area contributed by atoms with Crippen LogP contribution in [0.4, 0.5) is 0 Å². The molecule has 0 bridgehead atoms. The second-order valence-electron chi connectivity index (χ2n) is 4.61. The summed E-state index contributed by atoms with van der Waals surface area (Å²) in [5, 5.41) is 9.06. The lowest BCUT2D eigenvalue weighted by Crippen LogP contribution is -2.52. The minimum atomic E-state index is -4.18. The number of sulfonamides is 1. The van der Waals surface area contributed by atoms with E-state index < -0.39 is 27.3 Å². The first-order chi connectivity index (χ1) is 9.29. The summed E-state index contributed by atoms with van der Waals surface area (Å²) in [5.41, 5.74) is -1.64. The standard InChI is InChI=1S/C12H12ClNO5S/c13-8-4-1-2-5-9(8)20(18,19)14-10(15)12(11(16)17)6-3-7-12/h1-2,4-5H,3,6-7H2,(H,14,15)(H,16,17). The van der Waals surface area contributed by atoms with Crippen molar-refractivity contribution >= 4 is 33.5 Å². The second-order valence-corrected chi connectivity index (χ2v) is 6.66. The van der Waals surface area contributed by atoms with E-state index in [0.29, 0.717) is 6.42 Å². The Morgan fingerprint density at radius 3 is 2.30 bits per heavy atom. The first-order valence-corrected chi connectivity index (χ1v) is 7.71. The number of hydrogen-bond acceptors (Lipinski definition) is 4. The number of benzene rings is 1. The molecule has 0 radical (unpaired) electrons. The zero-order chi connectivity index (χ0) is 15.0. The van der Waals surface area contributed by atoms with Gasteiger partial charge >= 0.3 is 5.97 Å². The van der Waals surface area contributed by atoms with E-state index in [1.165, 1.54) is 18.2 Å². The second kappa shape index (κ2) is 5.06. The zero-order valence-corrected chi connectivity index (χ0v) is 11.9. The van der Waals surface area contributed by atoms with Gasteiger partial charge in [0.1, 0.15) is 10.3 Å². The lowest BCUT2D eigenvalue weighted by Gasteiger charge is -2.35. The number of halogens is 1. The van der Waals surface area contributed by atoms with Crippen LogP contribution in [0.2, 0.25) is 5.02 Å². The van der Waals surface area contributed by atoms with Gasteiger partial charge in [-0.15, -0.1) is 0 Å². The summed E-state index contributed by atoms with van der Waals surface area (Å²) < 4.78 is 25.9. The molecular weight excluding hydrogens is 306 g/mol. The van der Waals surface area contributed by atoms with Crippen LogP contribution in [0.25, 0.3) is 0 Å². The van der Waals surface area contributed by atoms with Crippen LogP contribution < -0.4 is 4.72 Å². The molecule has 0 unspecified atom stereocenters. The number of hydrogen-bond donors (Lipinski definition) is 2. The normalized spacial score (nSPS) is 17.1. The third kappa shape index (κ3) is 2.38. The van der Waals surface area contributed by atoms with Crippen molar-refractivity contribution in [2.45, 2.75) is 24.2 Å². The number of aliphatic carboxylic acids is 1. The monoisotopic (exact) mass is 317 g/mol. The number of rotatable bonds is 4. The van der Waals surface area contributed by atoms with Gasteiger partial charge in [-0.2, -0.15) is 0 Å². The number of carboxylic acid groups (broad SMARTS) is 1. The topological polar surface area (TPSA) is 101 Å². The van der Waals surface area contributed by atoms with Gasteiger partial charge in [0, 0.05) is 0 Å². The third-order valence-electron chi connectivity index (χ3n) is 3.40. The van der Waals surface area contributed by atoms with Crippen LogP contribution in [0.5, 0.6) is 0 Å². The maximum Gasteiger partial charge on any atom is 0.319 e. The van der Waals surface area contributed by atoms with Crippen LogP contribution in [0, 0.1) is 5.41 Å². The molecule has 1 fully saturated rings. The number of amides is 1. The molecule has 1 amide bonds. The van der Waals surface area contributed by atoms with Gasteiger partial charge in [-0.1, -0.05) is 30.2 Å². The fraction of sp³-hybridized carbons (Fsp3) is 0.333. The highest BCUT2D eigenvalue weighted by Crippen LogP contribution is 2.41. The summed E-state index contributed by atoms with van der Waals surface area (Å²) in [6.07, 6.45) is 0.838. The first kappa shape index (κ1) is 14.8. The van der Waals surface area contributed by atoms with Crippen LogP contribution in [-0.4, -0.2) is 25.4 Å². The van der Waals surface area contributed by atoms with Gasteiger partial charge in [0.15, 0.2) is 0 Å². The van der Waals surface area contributed by atoms with E-state index in [0.717, 1.165) is 0 Å². The molecule has 0 heterocycles. The molecule has 108 valence electrons. The van der Waals surface area contributed by atoms with E-state index in [1.807, 2.05) is 0 Å². The molecule has 20 heavy (non-hydrogen) atoms. The Bertz CT molecular complexity index is 666. The maximum atomic E-state index is 12.1. The number of nitrogens with one attached hydrogen (secondary N) is 1. The third-order valence-corrected chi connectivity index (χ3v) is 5.24. The molecule has 0 saturated heterocycles. The molecule has 0 aromatic heterocycles. The average molecular weight is 318 g/mol. The lowest BCUT2D eigenvalue weighted by molar-refractivity contribution is -0.161. The summed E-state index contributed by atoms with van der Waals surface area (Å²) >= 11 is 5.77. The van der Waals surface area contributed by atoms with Crippen molar-refractivity contribution in [2.24, 2.45) is 5.41 Å². The number of carboxylic acids is 1. The molecule has 0 spiro atoms. The molecule has 1 aromatic carbocycles. The van der Waals surface area contributed by atoms with Crippen LogP contribution in [-0.2, 0) is 19.6 Å². The molecule has 2 N–H and O–H groups in total. The number of carbonyl (C=O) groups is 2. The highest BCUT2D eigenvalue weighted by Gasteiger charge is 2.52. The summed E-state index contributed by atoms with van der Waals surface area (Å²) in [7, 11) is -4.18. The van der Waals surface area contributed by atoms with Crippen molar-refractivity contribution in [1.82, 2.24) is 4.72 Å². The quantitative estimate of drug-likeness (QED) is 0.817. The van der Waals surface area contributed by atoms with Crippen molar-refractivity contribution in [2.75, 3.05) is 0 Å². The fourth-order valence-electron chi connectivity index (χ4n) is 2.01. The zero-order valence-electron chi connectivity index (χ0n) is 10.3. The summed E-state index contributed by atoms with van der Waals surface area (Å²) in [4.78, 5) is 22.9. The highest BCUT2D eigenvalue weighted by atomic mass is 35.5. The van der Waals surface area contributed by atoms with Gasteiger partial charge in [-0.05, 0) is 25.0 Å². The maximum absolute atomic E-state index is 12.1. The molecule has 2 rings (SSSR count). The number of carbonyl (C=O) groups excluding carboxylic acids is 1. The average Bonchev–Trinajstić information content (AvgIpc) is 2.26. The van der Waals surface area contributed by atoms with E-state index in [9.17, 15) is 18.0 Å². The predicted molar refractivity (Wildman–Crippen MR) is 70.7 cm³/mol. The van der Waals surface area contributed by atoms with Crippen LogP contribution in [0.3, 0.4) is 0 Å². The Kier molecular flexibility index (Phi) is 3.75. The summed E-state index contributed by atoms with van der Waals surface area (Å²) in [6, 6.07) is 5.62. The summed E-state index contributed by atoms with van der Waals surface area (Å²) in [5.74, 6) is -2.33. The molecule has 1 aromatic rings. The molecular formula is C12H12ClNO5S. The van der Waals surface area contributed by atoms with Crippen molar-refractivity contribution in [3.8, 4) is 0 Å². The van der Waals surface area contributed by atoms with Gasteiger partial charge in [0.25, 0.3) is 15.9 Å². The molecule has 6 nitrogen and oxygen atoms in total. The highest BCUT2D eigenvalue weighted by molar-refractivity contribution is 7.90. The predicted octanol–water partition coefficient (Wildman–Crippen LogP) is 1.40. The molecule has 0 atom stereocenters. The van der Waals surface area contributed by atoms with E-state index in [2.05, 4.69) is 0 Å². The Hall–Kier alpha value is -1.60. The van der Waals surface area contributed by atoms with Gasteiger partial charge in [0.05, 0.1) is 5.02 Å². The molecule has 8 heteroatoms. The van der Waals surface area contributed by atoms with E-state index in [-0.39, 0.29) is 22.8 Å². The largest absolute Gasteiger partial charge is 0.480 e. The fourth-order valence-corrected chi connectivity index (χ4v) is 3.58. The molecule has 0 aliphatic heterocycles. The van der Waals surface area contributed by atoms with E-state index >= 15 is 0 Å². The van der Waals surface area contributed by atoms with Gasteiger partial charge < -0.3 is 5.11 Å². The van der Waals surface area contributed by atoms with Crippen LogP contribution in [0.1, 0.15) is 19.3 Å². The minimum absolute atomic E-state index is 0.0363. The molecule has 1 aliphatic carbocycles. The van der Waals surface area contributed by atoms with Crippen molar-refractivity contribution in [3.05, 3.63) is 29.3 Å². The van der Waals surface area contributed by atoms with E-state index in [4.69, 9.17) is 16.7 Å². The van der Waals surface area contributed by atoms with Gasteiger partial charge in [-0.3, -0.25) is 9.59 Å². The lowest BCUT2D eigenvalue weighted by atomic mass is 9.68. The smallest absolute Gasteiger partial charge is 0.319 e. The van der Waals surface area contributed by atoms with Gasteiger partial charge in [0.2, 0.25) is 0 Å². The van der Waals surface area contributed by atoms with Crippen molar-refractivity contribution in [1.29, 1.82) is 0 Å². The first-order valence-electron chi connectivity index (χ1n) is 5.85. The molecule has 1 aliphatic rings. The Labute approximate surface area is 120 Å². The van der Waals surface area contributed by atoms with Crippen molar-refractivity contribution in [3.63, 3.8) is 0 Å². The summed E-state index contributed by atoms with van der Waals surface area (Å²) in [6.45, 7) is 0. The van der Waals surface area contributed by atoms with Crippen LogP contribution >= 0.6 is 11.6 Å². The Balaban J connectivity index is 2.28. The Morgan fingerprint density at radius 2 is 1.85 bits per heavy atom. The minimum Gasteiger partial charge on any atom is -0.480 e. The van der Waals surface area contributed by atoms with Crippen LogP contribution in [0.15, 0.2) is 29.2 Å².